The van der Waals surface area contributed by atoms with Gasteiger partial charge in [-0.3, -0.25) is 0 Å². The van der Waals surface area contributed by atoms with Crippen molar-refractivity contribution in [1.29, 1.82) is 0 Å². The summed E-state index contributed by atoms with van der Waals surface area (Å²) in [5.41, 5.74) is 11.8. The molecule has 0 aromatic rings. The molecule has 0 amide bonds. The van der Waals surface area contributed by atoms with Gasteiger partial charge in [-0.05, 0) is 0 Å². The SMILES string of the molecule is CC(=N/N=C(/N)[Se])/C(C)=N/N=C(\N)[Se]. The van der Waals surface area contributed by atoms with Crippen LogP contribution in [0.5, 0.6) is 0 Å². The van der Waals surface area contributed by atoms with Gasteiger partial charge in [-0.25, -0.2) is 0 Å². The Labute approximate surface area is 98.6 Å². The topological polar surface area (TPSA) is 101 Å². The second-order valence-corrected chi connectivity index (χ2v) is 4.00. The molecule has 0 fully saturated rings. The molecule has 0 unspecified atom stereocenters. The van der Waals surface area contributed by atoms with Crippen molar-refractivity contribution in [1.82, 2.24) is 0 Å². The van der Waals surface area contributed by atoms with Crippen molar-refractivity contribution >= 4 is 52.9 Å². The number of hydrogen-bond donors (Lipinski definition) is 2. The van der Waals surface area contributed by atoms with Crippen LogP contribution in [0.25, 0.3) is 0 Å². The van der Waals surface area contributed by atoms with Crippen molar-refractivity contribution in [2.45, 2.75) is 13.8 Å². The predicted molar refractivity (Wildman–Crippen MR) is 61.0 cm³/mol. The summed E-state index contributed by atoms with van der Waals surface area (Å²) < 4.78 is 0.535. The van der Waals surface area contributed by atoms with Crippen molar-refractivity contribution in [2.75, 3.05) is 0 Å². The molecule has 0 spiro atoms. The number of hydrogen-bond acceptors (Lipinski definition) is 4. The van der Waals surface area contributed by atoms with Gasteiger partial charge in [-0.1, -0.05) is 0 Å². The molecule has 76 valence electrons. The fraction of sp³-hybridized carbons (Fsp3) is 0.333. The fourth-order valence-corrected chi connectivity index (χ4v) is 0.565. The van der Waals surface area contributed by atoms with E-state index in [2.05, 4.69) is 52.4 Å². The van der Waals surface area contributed by atoms with Crippen LogP contribution in [-0.4, -0.2) is 52.9 Å². The third-order valence-electron chi connectivity index (χ3n) is 1.12. The Bertz CT molecular complexity index is 276. The Morgan fingerprint density at radius 1 is 0.786 bits per heavy atom. The van der Waals surface area contributed by atoms with Crippen LogP contribution in [0.15, 0.2) is 20.4 Å². The summed E-state index contributed by atoms with van der Waals surface area (Å²) >= 11 is 5.03. The molecule has 2 radical (unpaired) electrons. The van der Waals surface area contributed by atoms with Gasteiger partial charge in [0.15, 0.2) is 0 Å². The number of nitrogens with zero attached hydrogens (tertiary/aromatic N) is 4. The van der Waals surface area contributed by atoms with Gasteiger partial charge in [-0.2, -0.15) is 0 Å². The van der Waals surface area contributed by atoms with Crippen molar-refractivity contribution in [3.05, 3.63) is 0 Å². The van der Waals surface area contributed by atoms with E-state index < -0.39 is 0 Å². The average molecular weight is 324 g/mol. The zero-order valence-electron chi connectivity index (χ0n) is 7.76. The van der Waals surface area contributed by atoms with Crippen molar-refractivity contribution in [3.8, 4) is 0 Å². The van der Waals surface area contributed by atoms with E-state index in [0.717, 1.165) is 0 Å². The molecule has 14 heavy (non-hydrogen) atoms. The quantitative estimate of drug-likeness (QED) is 0.292. The van der Waals surface area contributed by atoms with Gasteiger partial charge in [0.25, 0.3) is 0 Å². The van der Waals surface area contributed by atoms with Crippen LogP contribution in [0.2, 0.25) is 0 Å². The van der Waals surface area contributed by atoms with Gasteiger partial charge in [-0.15, -0.1) is 0 Å². The first-order valence-corrected chi connectivity index (χ1v) is 5.24. The number of nitrogens with two attached hydrogens (primary N) is 2. The Morgan fingerprint density at radius 3 is 1.29 bits per heavy atom. The van der Waals surface area contributed by atoms with E-state index in [0.29, 0.717) is 11.4 Å². The van der Waals surface area contributed by atoms with Gasteiger partial charge in [0.05, 0.1) is 0 Å². The van der Waals surface area contributed by atoms with E-state index in [1.54, 1.807) is 13.8 Å². The van der Waals surface area contributed by atoms with Crippen LogP contribution in [0.4, 0.5) is 0 Å². The van der Waals surface area contributed by atoms with Crippen LogP contribution in [0, 0.1) is 0 Å². The summed E-state index contributed by atoms with van der Waals surface area (Å²) in [7, 11) is 0. The first-order chi connectivity index (χ1) is 6.43. The molecule has 0 bridgehead atoms. The molecule has 8 heteroatoms. The van der Waals surface area contributed by atoms with Gasteiger partial charge in [0.2, 0.25) is 0 Å². The van der Waals surface area contributed by atoms with Crippen LogP contribution < -0.4 is 11.5 Å². The van der Waals surface area contributed by atoms with Gasteiger partial charge >= 0.3 is 98.6 Å². The molecule has 0 atom stereocenters. The van der Waals surface area contributed by atoms with E-state index in [9.17, 15) is 0 Å². The summed E-state index contributed by atoms with van der Waals surface area (Å²) in [6, 6.07) is 0. The molecule has 0 heterocycles. The monoisotopic (exact) mass is 326 g/mol. The van der Waals surface area contributed by atoms with E-state index in [4.69, 9.17) is 11.5 Å². The van der Waals surface area contributed by atoms with Crippen LogP contribution in [-0.2, 0) is 0 Å². The molecular weight excluding hydrogens is 314 g/mol. The fourth-order valence-electron chi connectivity index (χ4n) is 0.393. The second-order valence-electron chi connectivity index (χ2n) is 2.25. The Kier molecular flexibility index (Phi) is 6.40. The second kappa shape index (κ2) is 6.73. The van der Waals surface area contributed by atoms with E-state index in [-0.39, 0.29) is 9.47 Å². The number of rotatable bonds is 3. The molecule has 6 nitrogen and oxygen atoms in total. The van der Waals surface area contributed by atoms with Gasteiger partial charge < -0.3 is 0 Å². The van der Waals surface area contributed by atoms with Crippen molar-refractivity contribution in [3.63, 3.8) is 0 Å². The average Bonchev–Trinajstić information content (AvgIpc) is 2.09. The molecule has 4 N–H and O–H groups in total. The zero-order chi connectivity index (χ0) is 11.1. The zero-order valence-corrected chi connectivity index (χ0v) is 11.2. The normalized spacial score (nSPS) is 15.9. The van der Waals surface area contributed by atoms with Gasteiger partial charge in [0.1, 0.15) is 0 Å². The minimum absolute atomic E-state index is 0.268. The summed E-state index contributed by atoms with van der Waals surface area (Å²) in [5, 5.41) is 14.9. The summed E-state index contributed by atoms with van der Waals surface area (Å²) in [6.45, 7) is 3.49. The Hall–Kier alpha value is -0.681. The van der Waals surface area contributed by atoms with E-state index >= 15 is 0 Å². The standard InChI is InChI=1S/C6H10N6Se2/c1-3(9-11-5(7)13)4(2)10-12-6(8)14/h1-2H3,(H2,7,11)(H2,8,12)/b9-3-,10-4+. The molecule has 0 aliphatic rings. The van der Waals surface area contributed by atoms with Crippen molar-refractivity contribution in [2.24, 2.45) is 31.9 Å². The maximum atomic E-state index is 5.26. The third kappa shape index (κ3) is 6.79. The predicted octanol–water partition coefficient (Wildman–Crippen LogP) is -1.30. The number of amidine groups is 2. The van der Waals surface area contributed by atoms with Crippen LogP contribution in [0.1, 0.15) is 13.8 Å². The Balaban J connectivity index is 4.62. The van der Waals surface area contributed by atoms with Gasteiger partial charge in [0, 0.05) is 0 Å². The molecular formula is C6H10N6Se2. The van der Waals surface area contributed by atoms with E-state index in [1.807, 2.05) is 0 Å². The van der Waals surface area contributed by atoms with Crippen LogP contribution >= 0.6 is 0 Å². The van der Waals surface area contributed by atoms with Crippen LogP contribution in [0.3, 0.4) is 0 Å². The maximum absolute atomic E-state index is 5.26. The molecule has 0 aliphatic carbocycles. The first kappa shape index (κ1) is 13.3. The molecule has 0 saturated carbocycles. The molecule has 0 saturated heterocycles. The minimum atomic E-state index is 0.268. The summed E-state index contributed by atoms with van der Waals surface area (Å²) in [5.74, 6) is 0. The van der Waals surface area contributed by atoms with Crippen molar-refractivity contribution < 1.29 is 0 Å². The molecule has 0 aliphatic heterocycles. The third-order valence-corrected chi connectivity index (χ3v) is 1.46. The molecule has 0 rings (SSSR count). The van der Waals surface area contributed by atoms with E-state index in [1.165, 1.54) is 0 Å². The summed E-state index contributed by atoms with van der Waals surface area (Å²) in [6.07, 6.45) is 0. The first-order valence-electron chi connectivity index (χ1n) is 3.53. The molecule has 0 aromatic heterocycles. The summed E-state index contributed by atoms with van der Waals surface area (Å²) in [4.78, 5) is 0. The molecule has 0 aromatic carbocycles. The Morgan fingerprint density at radius 2 is 1.07 bits per heavy atom.